The molecule has 30 heavy (non-hydrogen) atoms. The monoisotopic (exact) mass is 407 g/mol. The van der Waals surface area contributed by atoms with Gasteiger partial charge in [-0.2, -0.15) is 0 Å². The van der Waals surface area contributed by atoms with Crippen LogP contribution in [0.3, 0.4) is 0 Å². The van der Waals surface area contributed by atoms with Gasteiger partial charge in [-0.3, -0.25) is 9.69 Å². The third kappa shape index (κ3) is 4.68. The lowest BCUT2D eigenvalue weighted by Crippen LogP contribution is -2.46. The molecule has 1 atom stereocenters. The highest BCUT2D eigenvalue weighted by Gasteiger charge is 2.24. The molecule has 0 aliphatic carbocycles. The minimum absolute atomic E-state index is 0.0250. The molecule has 1 fully saturated rings. The van der Waals surface area contributed by atoms with Crippen molar-refractivity contribution in [2.24, 2.45) is 0 Å². The predicted octanol–water partition coefficient (Wildman–Crippen LogP) is 3.43. The molecule has 2 aliphatic heterocycles. The number of aryl methyl sites for hydroxylation is 1. The van der Waals surface area contributed by atoms with E-state index >= 15 is 0 Å². The predicted molar refractivity (Wildman–Crippen MR) is 121 cm³/mol. The van der Waals surface area contributed by atoms with Crippen molar-refractivity contribution >= 4 is 11.6 Å². The van der Waals surface area contributed by atoms with E-state index in [0.29, 0.717) is 0 Å². The van der Waals surface area contributed by atoms with Gasteiger partial charge in [0, 0.05) is 51.0 Å². The average molecular weight is 408 g/mol. The third-order valence-electron chi connectivity index (χ3n) is 6.46. The van der Waals surface area contributed by atoms with E-state index in [1.165, 1.54) is 22.4 Å². The number of amides is 1. The molecule has 4 rings (SSSR count). The second kappa shape index (κ2) is 9.63. The molecule has 1 amide bonds. The van der Waals surface area contributed by atoms with Crippen molar-refractivity contribution in [1.82, 2.24) is 10.2 Å². The summed E-state index contributed by atoms with van der Waals surface area (Å²) in [5.41, 5.74) is 5.98. The summed E-state index contributed by atoms with van der Waals surface area (Å²) in [7, 11) is 1.67. The van der Waals surface area contributed by atoms with Gasteiger partial charge in [0.15, 0.2) is 0 Å². The molecule has 1 saturated heterocycles. The zero-order valence-electron chi connectivity index (χ0n) is 18.2. The number of benzene rings is 2. The molecular formula is C25H33N3O2. The maximum atomic E-state index is 11.9. The van der Waals surface area contributed by atoms with Gasteiger partial charge in [0.05, 0.1) is 12.7 Å². The molecule has 0 aromatic heterocycles. The number of carbonyl (C=O) groups is 1. The van der Waals surface area contributed by atoms with E-state index in [1.54, 1.807) is 7.05 Å². The van der Waals surface area contributed by atoms with Crippen LogP contribution in [-0.4, -0.2) is 57.2 Å². The molecule has 5 nitrogen and oxygen atoms in total. The van der Waals surface area contributed by atoms with E-state index < -0.39 is 0 Å². The molecular weight excluding hydrogens is 374 g/mol. The van der Waals surface area contributed by atoms with Crippen molar-refractivity contribution in [1.29, 1.82) is 0 Å². The van der Waals surface area contributed by atoms with E-state index in [0.717, 1.165) is 64.2 Å². The van der Waals surface area contributed by atoms with E-state index in [2.05, 4.69) is 52.4 Å². The molecule has 0 radical (unpaired) electrons. The molecule has 1 unspecified atom stereocenters. The topological polar surface area (TPSA) is 44.8 Å². The highest BCUT2D eigenvalue weighted by atomic mass is 16.5. The fraction of sp³-hybridized carbons (Fsp3) is 0.480. The summed E-state index contributed by atoms with van der Waals surface area (Å²) >= 11 is 0. The number of hydrogen-bond donors (Lipinski definition) is 1. The van der Waals surface area contributed by atoms with Crippen LogP contribution in [0.5, 0.6) is 0 Å². The Labute approximate surface area is 180 Å². The number of hydrogen-bond acceptors (Lipinski definition) is 4. The minimum Gasteiger partial charge on any atom is -0.373 e. The van der Waals surface area contributed by atoms with Gasteiger partial charge in [-0.25, -0.2) is 0 Å². The molecule has 2 aromatic carbocycles. The van der Waals surface area contributed by atoms with Gasteiger partial charge < -0.3 is 15.0 Å². The fourth-order valence-electron chi connectivity index (χ4n) is 4.53. The van der Waals surface area contributed by atoms with E-state index in [-0.39, 0.29) is 12.0 Å². The Kier molecular flexibility index (Phi) is 6.70. The molecule has 0 saturated carbocycles. The Bertz CT molecular complexity index is 857. The van der Waals surface area contributed by atoms with Crippen LogP contribution in [0.15, 0.2) is 42.5 Å². The molecule has 2 aromatic rings. The molecule has 2 aliphatic rings. The van der Waals surface area contributed by atoms with Crippen molar-refractivity contribution in [3.8, 4) is 0 Å². The molecule has 0 spiro atoms. The quantitative estimate of drug-likeness (QED) is 0.797. The maximum absolute atomic E-state index is 11.9. The van der Waals surface area contributed by atoms with Crippen LogP contribution < -0.4 is 10.2 Å². The van der Waals surface area contributed by atoms with E-state index in [4.69, 9.17) is 4.74 Å². The van der Waals surface area contributed by atoms with Crippen molar-refractivity contribution < 1.29 is 9.53 Å². The smallest absolute Gasteiger partial charge is 0.251 e. The van der Waals surface area contributed by atoms with Crippen LogP contribution in [0.2, 0.25) is 0 Å². The van der Waals surface area contributed by atoms with Crippen molar-refractivity contribution in [2.75, 3.05) is 51.3 Å². The Hall–Kier alpha value is -2.37. The number of anilines is 1. The van der Waals surface area contributed by atoms with Crippen molar-refractivity contribution in [2.45, 2.75) is 32.3 Å². The van der Waals surface area contributed by atoms with Gasteiger partial charge in [-0.1, -0.05) is 25.1 Å². The zero-order chi connectivity index (χ0) is 20.9. The summed E-state index contributed by atoms with van der Waals surface area (Å²) in [6, 6.07) is 15.0. The van der Waals surface area contributed by atoms with E-state index in [9.17, 15) is 4.79 Å². The number of ether oxygens (including phenoxy) is 1. The average Bonchev–Trinajstić information content (AvgIpc) is 2.82. The van der Waals surface area contributed by atoms with Crippen LogP contribution >= 0.6 is 0 Å². The lowest BCUT2D eigenvalue weighted by molar-refractivity contribution is 0.0288. The summed E-state index contributed by atoms with van der Waals surface area (Å²) in [4.78, 5) is 17.0. The first-order chi connectivity index (χ1) is 14.7. The highest BCUT2D eigenvalue weighted by molar-refractivity contribution is 5.94. The first-order valence-electron chi connectivity index (χ1n) is 11.2. The van der Waals surface area contributed by atoms with Crippen LogP contribution in [0, 0.1) is 0 Å². The molecule has 5 heteroatoms. The largest absolute Gasteiger partial charge is 0.373 e. The van der Waals surface area contributed by atoms with Crippen LogP contribution in [-0.2, 0) is 17.6 Å². The Balaban J connectivity index is 1.30. The van der Waals surface area contributed by atoms with Crippen LogP contribution in [0.1, 0.15) is 46.5 Å². The van der Waals surface area contributed by atoms with E-state index in [1.807, 2.05) is 12.1 Å². The van der Waals surface area contributed by atoms with Gasteiger partial charge in [0.1, 0.15) is 0 Å². The van der Waals surface area contributed by atoms with Gasteiger partial charge in [-0.05, 0) is 60.2 Å². The highest BCUT2D eigenvalue weighted by Crippen LogP contribution is 2.31. The first-order valence-corrected chi connectivity index (χ1v) is 11.2. The third-order valence-corrected chi connectivity index (χ3v) is 6.46. The van der Waals surface area contributed by atoms with Crippen molar-refractivity contribution in [3.63, 3.8) is 0 Å². The van der Waals surface area contributed by atoms with Gasteiger partial charge in [-0.15, -0.1) is 0 Å². The SMILES string of the molecule is CCc1ccc(N2CCN(CCC3OCCc4cc(C(=O)NC)ccc43)CC2)cc1. The van der Waals surface area contributed by atoms with Crippen LogP contribution in [0.25, 0.3) is 0 Å². The summed E-state index contributed by atoms with van der Waals surface area (Å²) < 4.78 is 6.10. The Morgan fingerprint density at radius 1 is 1.10 bits per heavy atom. The van der Waals surface area contributed by atoms with Gasteiger partial charge in [0.25, 0.3) is 5.91 Å². The summed E-state index contributed by atoms with van der Waals surface area (Å²) in [6.45, 7) is 8.30. The zero-order valence-corrected chi connectivity index (χ0v) is 18.2. The van der Waals surface area contributed by atoms with Gasteiger partial charge in [0.2, 0.25) is 0 Å². The first kappa shape index (κ1) is 20.9. The summed E-state index contributed by atoms with van der Waals surface area (Å²) in [6.07, 6.45) is 3.10. The number of carbonyl (C=O) groups excluding carboxylic acids is 1. The second-order valence-corrected chi connectivity index (χ2v) is 8.24. The second-order valence-electron chi connectivity index (χ2n) is 8.24. The number of piperazine rings is 1. The molecule has 2 heterocycles. The fourth-order valence-corrected chi connectivity index (χ4v) is 4.53. The molecule has 1 N–H and O–H groups in total. The lowest BCUT2D eigenvalue weighted by Gasteiger charge is -2.37. The Morgan fingerprint density at radius 2 is 1.87 bits per heavy atom. The minimum atomic E-state index is -0.0250. The summed E-state index contributed by atoms with van der Waals surface area (Å²) in [5.74, 6) is -0.0250. The Morgan fingerprint density at radius 3 is 2.57 bits per heavy atom. The standard InChI is InChI=1S/C25H33N3O2/c1-3-19-4-7-22(8-5-19)28-15-13-27(14-16-28)12-10-24-23-9-6-21(25(29)26-2)18-20(23)11-17-30-24/h4-9,18,24H,3,10-17H2,1-2H3,(H,26,29). The lowest BCUT2D eigenvalue weighted by atomic mass is 9.93. The summed E-state index contributed by atoms with van der Waals surface area (Å²) in [5, 5.41) is 2.71. The van der Waals surface area contributed by atoms with Gasteiger partial charge >= 0.3 is 0 Å². The number of nitrogens with one attached hydrogen (secondary N) is 1. The van der Waals surface area contributed by atoms with Crippen LogP contribution in [0.4, 0.5) is 5.69 Å². The molecule has 160 valence electrons. The number of nitrogens with zero attached hydrogens (tertiary/aromatic N) is 2. The number of rotatable bonds is 6. The molecule has 0 bridgehead atoms. The van der Waals surface area contributed by atoms with Crippen molar-refractivity contribution in [3.05, 3.63) is 64.7 Å². The normalized spacial score (nSPS) is 19.4. The number of fused-ring (bicyclic) bond motifs is 1. The maximum Gasteiger partial charge on any atom is 0.251 e.